The molecule has 0 aliphatic carbocycles. The van der Waals surface area contributed by atoms with Gasteiger partial charge in [0, 0.05) is 32.9 Å². The van der Waals surface area contributed by atoms with Gasteiger partial charge in [0.05, 0.1) is 19.1 Å². The molecule has 0 radical (unpaired) electrons. The number of nitrogens with one attached hydrogen (secondary N) is 1. The Kier molecular flexibility index (Phi) is 5.63. The van der Waals surface area contributed by atoms with E-state index in [1.54, 1.807) is 25.4 Å². The van der Waals surface area contributed by atoms with Gasteiger partial charge in [0.1, 0.15) is 5.69 Å². The van der Waals surface area contributed by atoms with Crippen LogP contribution in [0.5, 0.6) is 0 Å². The largest absolute Gasteiger partial charge is 0.375 e. The first kappa shape index (κ1) is 17.4. The van der Waals surface area contributed by atoms with Crippen molar-refractivity contribution < 1.29 is 9.53 Å². The minimum Gasteiger partial charge on any atom is -0.375 e. The maximum absolute atomic E-state index is 12.3. The lowest BCUT2D eigenvalue weighted by Crippen LogP contribution is -2.43. The molecule has 132 valence electrons. The quantitative estimate of drug-likeness (QED) is 0.898. The Morgan fingerprint density at radius 3 is 2.84 bits per heavy atom. The molecule has 1 N–H and O–H groups in total. The maximum atomic E-state index is 12.3. The summed E-state index contributed by atoms with van der Waals surface area (Å²) >= 11 is 0. The molecule has 2 heterocycles. The van der Waals surface area contributed by atoms with Crippen molar-refractivity contribution >= 4 is 11.6 Å². The van der Waals surface area contributed by atoms with E-state index >= 15 is 0 Å². The highest BCUT2D eigenvalue weighted by Crippen LogP contribution is 2.13. The van der Waals surface area contributed by atoms with Gasteiger partial charge in [-0.15, -0.1) is 0 Å². The van der Waals surface area contributed by atoms with E-state index in [-0.39, 0.29) is 24.0 Å². The summed E-state index contributed by atoms with van der Waals surface area (Å²) in [6.45, 7) is 3.01. The summed E-state index contributed by atoms with van der Waals surface area (Å²) in [6.07, 6.45) is 1.73. The number of amides is 1. The topological polar surface area (TPSA) is 63.6 Å². The second-order valence-corrected chi connectivity index (χ2v) is 6.30. The molecule has 25 heavy (non-hydrogen) atoms. The zero-order chi connectivity index (χ0) is 17.6. The molecular formula is C19H23N3O3. The number of pyridine rings is 1. The summed E-state index contributed by atoms with van der Waals surface area (Å²) in [4.78, 5) is 26.5. The molecule has 2 aromatic rings. The van der Waals surface area contributed by atoms with E-state index in [9.17, 15) is 9.59 Å². The van der Waals surface area contributed by atoms with E-state index in [1.165, 1.54) is 10.1 Å². The SMILES string of the molecule is Cn1cccc(NC(=O)C[C@@H]2CN(Cc3ccccc3)CCO2)c1=O. The van der Waals surface area contributed by atoms with E-state index in [2.05, 4.69) is 22.3 Å². The molecule has 1 fully saturated rings. The highest BCUT2D eigenvalue weighted by molar-refractivity contribution is 5.90. The summed E-state index contributed by atoms with van der Waals surface area (Å²) in [6, 6.07) is 13.6. The van der Waals surface area contributed by atoms with Crippen LogP contribution in [0.4, 0.5) is 5.69 Å². The van der Waals surface area contributed by atoms with E-state index in [4.69, 9.17) is 4.74 Å². The van der Waals surface area contributed by atoms with Crippen LogP contribution < -0.4 is 10.9 Å². The van der Waals surface area contributed by atoms with Crippen LogP contribution in [0.3, 0.4) is 0 Å². The molecule has 1 aromatic heterocycles. The molecule has 6 nitrogen and oxygen atoms in total. The van der Waals surface area contributed by atoms with Gasteiger partial charge in [-0.2, -0.15) is 0 Å². The van der Waals surface area contributed by atoms with Gasteiger partial charge in [-0.3, -0.25) is 14.5 Å². The molecular weight excluding hydrogens is 318 g/mol. The lowest BCUT2D eigenvalue weighted by Gasteiger charge is -2.32. The monoisotopic (exact) mass is 341 g/mol. The van der Waals surface area contributed by atoms with Crippen molar-refractivity contribution in [3.63, 3.8) is 0 Å². The number of aryl methyl sites for hydroxylation is 1. The van der Waals surface area contributed by atoms with Crippen LogP contribution in [-0.4, -0.2) is 41.2 Å². The van der Waals surface area contributed by atoms with E-state index in [0.717, 1.165) is 13.1 Å². The third-order valence-electron chi connectivity index (χ3n) is 4.28. The van der Waals surface area contributed by atoms with Crippen molar-refractivity contribution in [3.05, 3.63) is 64.6 Å². The second-order valence-electron chi connectivity index (χ2n) is 6.30. The first-order valence-electron chi connectivity index (χ1n) is 8.45. The van der Waals surface area contributed by atoms with Gasteiger partial charge in [0.15, 0.2) is 0 Å². The minimum atomic E-state index is -0.217. The van der Waals surface area contributed by atoms with Gasteiger partial charge in [-0.25, -0.2) is 0 Å². The number of rotatable bonds is 5. The number of ether oxygens (including phenoxy) is 1. The Morgan fingerprint density at radius 2 is 2.04 bits per heavy atom. The smallest absolute Gasteiger partial charge is 0.274 e. The molecule has 1 aliphatic heterocycles. The minimum absolute atomic E-state index is 0.162. The van der Waals surface area contributed by atoms with Gasteiger partial charge < -0.3 is 14.6 Å². The fourth-order valence-electron chi connectivity index (χ4n) is 2.99. The van der Waals surface area contributed by atoms with Crippen LogP contribution >= 0.6 is 0 Å². The van der Waals surface area contributed by atoms with Gasteiger partial charge in [-0.1, -0.05) is 30.3 Å². The zero-order valence-electron chi connectivity index (χ0n) is 14.4. The van der Waals surface area contributed by atoms with Gasteiger partial charge >= 0.3 is 0 Å². The number of hydrogen-bond donors (Lipinski definition) is 1. The molecule has 1 aliphatic rings. The lowest BCUT2D eigenvalue weighted by atomic mass is 10.1. The van der Waals surface area contributed by atoms with Crippen LogP contribution in [0.1, 0.15) is 12.0 Å². The summed E-state index contributed by atoms with van der Waals surface area (Å²) in [5.74, 6) is -0.199. The number of carbonyl (C=O) groups excluding carboxylic acids is 1. The van der Waals surface area contributed by atoms with E-state index in [1.807, 2.05) is 18.2 Å². The summed E-state index contributed by atoms with van der Waals surface area (Å²) < 4.78 is 7.16. The number of hydrogen-bond acceptors (Lipinski definition) is 4. The predicted octanol–water partition coefficient (Wildman–Crippen LogP) is 1.61. The number of benzene rings is 1. The van der Waals surface area contributed by atoms with Crippen molar-refractivity contribution in [2.24, 2.45) is 7.05 Å². The molecule has 1 amide bonds. The second kappa shape index (κ2) is 8.09. The zero-order valence-corrected chi connectivity index (χ0v) is 14.4. The molecule has 0 spiro atoms. The molecule has 1 saturated heterocycles. The van der Waals surface area contributed by atoms with E-state index < -0.39 is 0 Å². The van der Waals surface area contributed by atoms with Crippen LogP contribution in [-0.2, 0) is 23.1 Å². The number of carbonyl (C=O) groups is 1. The summed E-state index contributed by atoms with van der Waals surface area (Å²) in [5.41, 5.74) is 1.33. The fraction of sp³-hybridized carbons (Fsp3) is 0.368. The first-order valence-corrected chi connectivity index (χ1v) is 8.45. The van der Waals surface area contributed by atoms with Crippen molar-refractivity contribution in [1.82, 2.24) is 9.47 Å². The Balaban J connectivity index is 1.54. The molecule has 6 heteroatoms. The Morgan fingerprint density at radius 1 is 1.24 bits per heavy atom. The maximum Gasteiger partial charge on any atom is 0.274 e. The summed E-state index contributed by atoms with van der Waals surface area (Å²) in [7, 11) is 1.66. The van der Waals surface area contributed by atoms with Crippen LogP contribution in [0.2, 0.25) is 0 Å². The number of morpholine rings is 1. The molecule has 1 aromatic carbocycles. The molecule has 0 bridgehead atoms. The lowest BCUT2D eigenvalue weighted by molar-refractivity contribution is -0.121. The summed E-state index contributed by atoms with van der Waals surface area (Å²) in [5, 5.41) is 2.69. The Bertz CT molecular complexity index is 773. The van der Waals surface area contributed by atoms with Gasteiger partial charge in [-0.05, 0) is 17.7 Å². The highest BCUT2D eigenvalue weighted by atomic mass is 16.5. The number of anilines is 1. The van der Waals surface area contributed by atoms with Crippen LogP contribution in [0.25, 0.3) is 0 Å². The molecule has 1 atom stereocenters. The average molecular weight is 341 g/mol. The predicted molar refractivity (Wildman–Crippen MR) is 96.4 cm³/mol. The van der Waals surface area contributed by atoms with Crippen molar-refractivity contribution in [1.29, 1.82) is 0 Å². The molecule has 0 unspecified atom stereocenters. The first-order chi connectivity index (χ1) is 12.1. The molecule has 3 rings (SSSR count). The highest BCUT2D eigenvalue weighted by Gasteiger charge is 2.23. The Hall–Kier alpha value is -2.44. The fourth-order valence-corrected chi connectivity index (χ4v) is 2.99. The Labute approximate surface area is 147 Å². The third kappa shape index (κ3) is 4.78. The number of aromatic nitrogens is 1. The van der Waals surface area contributed by atoms with Crippen molar-refractivity contribution in [3.8, 4) is 0 Å². The van der Waals surface area contributed by atoms with Crippen molar-refractivity contribution in [2.75, 3.05) is 25.0 Å². The standard InChI is InChI=1S/C19H23N3O3/c1-21-9-5-8-17(19(21)24)20-18(23)12-16-14-22(10-11-25-16)13-15-6-3-2-4-7-15/h2-9,16H,10-14H2,1H3,(H,20,23)/t16-/m1/s1. The van der Waals surface area contributed by atoms with Gasteiger partial charge in [0.25, 0.3) is 5.56 Å². The van der Waals surface area contributed by atoms with Gasteiger partial charge in [0.2, 0.25) is 5.91 Å². The van der Waals surface area contributed by atoms with E-state index in [0.29, 0.717) is 18.8 Å². The number of nitrogens with zero attached hydrogens (tertiary/aromatic N) is 2. The normalized spacial score (nSPS) is 18.0. The third-order valence-corrected chi connectivity index (χ3v) is 4.28. The van der Waals surface area contributed by atoms with Crippen LogP contribution in [0.15, 0.2) is 53.5 Å². The van der Waals surface area contributed by atoms with Crippen LogP contribution in [0, 0.1) is 0 Å². The average Bonchev–Trinajstić information content (AvgIpc) is 2.60. The van der Waals surface area contributed by atoms with Crippen molar-refractivity contribution in [2.45, 2.75) is 19.1 Å². The molecule has 0 saturated carbocycles.